The van der Waals surface area contributed by atoms with Crippen LogP contribution in [0.3, 0.4) is 0 Å². The first-order chi connectivity index (χ1) is 5.29. The Hall–Kier alpha value is -1.01. The predicted molar refractivity (Wildman–Crippen MR) is 51.6 cm³/mol. The van der Waals surface area contributed by atoms with E-state index in [2.05, 4.69) is 13.2 Å². The third-order valence-corrected chi connectivity index (χ3v) is 1.93. The third-order valence-electron chi connectivity index (χ3n) is 1.50. The second kappa shape index (κ2) is 3.40. The van der Waals surface area contributed by atoms with E-state index in [0.29, 0.717) is 0 Å². The van der Waals surface area contributed by atoms with Gasteiger partial charge in [0.2, 0.25) is 0 Å². The summed E-state index contributed by atoms with van der Waals surface area (Å²) in [7, 11) is 0. The molecule has 56 valence electrons. The molecule has 11 heavy (non-hydrogen) atoms. The Bertz CT molecular complexity index is 261. The van der Waals surface area contributed by atoms with Gasteiger partial charge in [-0.25, -0.2) is 0 Å². The summed E-state index contributed by atoms with van der Waals surface area (Å²) in [4.78, 5) is 0. The van der Waals surface area contributed by atoms with Crippen molar-refractivity contribution in [1.82, 2.24) is 0 Å². The van der Waals surface area contributed by atoms with Crippen molar-refractivity contribution < 1.29 is 0 Å². The second-order valence-electron chi connectivity index (χ2n) is 2.16. The number of halogens is 1. The van der Waals surface area contributed by atoms with Crippen LogP contribution in [0.4, 0.5) is 0 Å². The summed E-state index contributed by atoms with van der Waals surface area (Å²) in [6.45, 7) is 7.30. The van der Waals surface area contributed by atoms with Gasteiger partial charge in [-0.3, -0.25) is 0 Å². The molecule has 1 aromatic carbocycles. The highest BCUT2D eigenvalue weighted by Gasteiger charge is 1.98. The van der Waals surface area contributed by atoms with Crippen LogP contribution in [0.15, 0.2) is 31.4 Å². The first-order valence-corrected chi connectivity index (χ1v) is 3.70. The minimum Gasteiger partial charge on any atom is -0.0984 e. The molecule has 0 aliphatic carbocycles. The Kier molecular flexibility index (Phi) is 2.50. The summed E-state index contributed by atoms with van der Waals surface area (Å²) < 4.78 is 0. The van der Waals surface area contributed by atoms with Gasteiger partial charge in [0.1, 0.15) is 0 Å². The van der Waals surface area contributed by atoms with Crippen LogP contribution in [0.5, 0.6) is 0 Å². The third kappa shape index (κ3) is 1.52. The van der Waals surface area contributed by atoms with Gasteiger partial charge in [-0.2, -0.15) is 0 Å². The van der Waals surface area contributed by atoms with Crippen molar-refractivity contribution >= 4 is 23.8 Å². The van der Waals surface area contributed by atoms with E-state index in [4.69, 9.17) is 11.6 Å². The summed E-state index contributed by atoms with van der Waals surface area (Å²) in [5.41, 5.74) is 1.90. The van der Waals surface area contributed by atoms with Gasteiger partial charge in [0, 0.05) is 0 Å². The van der Waals surface area contributed by atoms with Gasteiger partial charge >= 0.3 is 0 Å². The molecule has 0 heterocycles. The van der Waals surface area contributed by atoms with E-state index in [1.165, 1.54) is 0 Å². The molecule has 0 N–H and O–H groups in total. The fraction of sp³-hybridized carbons (Fsp3) is 0. The van der Waals surface area contributed by atoms with Crippen molar-refractivity contribution in [2.24, 2.45) is 0 Å². The van der Waals surface area contributed by atoms with Gasteiger partial charge in [0.05, 0.1) is 5.02 Å². The topological polar surface area (TPSA) is 0 Å². The lowest BCUT2D eigenvalue weighted by Crippen LogP contribution is -1.78. The maximum absolute atomic E-state index is 5.97. The van der Waals surface area contributed by atoms with E-state index >= 15 is 0 Å². The zero-order valence-corrected chi connectivity index (χ0v) is 6.93. The molecule has 0 bridgehead atoms. The SMILES string of the molecule is C=Cc1cccc(C=C)c1Cl. The summed E-state index contributed by atoms with van der Waals surface area (Å²) >= 11 is 5.97. The summed E-state index contributed by atoms with van der Waals surface area (Å²) in [6, 6.07) is 5.77. The maximum atomic E-state index is 5.97. The van der Waals surface area contributed by atoms with Crippen molar-refractivity contribution in [2.75, 3.05) is 0 Å². The van der Waals surface area contributed by atoms with Crippen molar-refractivity contribution in [3.05, 3.63) is 47.5 Å². The van der Waals surface area contributed by atoms with Crippen molar-refractivity contribution in [3.8, 4) is 0 Å². The van der Waals surface area contributed by atoms with E-state index in [-0.39, 0.29) is 0 Å². The van der Waals surface area contributed by atoms with Gasteiger partial charge in [0.25, 0.3) is 0 Å². The van der Waals surface area contributed by atoms with E-state index in [9.17, 15) is 0 Å². The summed E-state index contributed by atoms with van der Waals surface area (Å²) in [5.74, 6) is 0. The van der Waals surface area contributed by atoms with Crippen molar-refractivity contribution in [2.45, 2.75) is 0 Å². The van der Waals surface area contributed by atoms with Crippen LogP contribution in [-0.4, -0.2) is 0 Å². The second-order valence-corrected chi connectivity index (χ2v) is 2.54. The Morgan fingerprint density at radius 2 is 1.55 bits per heavy atom. The maximum Gasteiger partial charge on any atom is 0.0550 e. The fourth-order valence-corrected chi connectivity index (χ4v) is 1.16. The zero-order chi connectivity index (χ0) is 8.27. The molecule has 0 unspecified atom stereocenters. The molecule has 0 saturated carbocycles. The monoisotopic (exact) mass is 164 g/mol. The standard InChI is InChI=1S/C10H9Cl/c1-3-8-6-5-7-9(4-2)10(8)11/h3-7H,1-2H2. The molecule has 0 aliphatic heterocycles. The van der Waals surface area contributed by atoms with Gasteiger partial charge in [-0.15, -0.1) is 0 Å². The summed E-state index contributed by atoms with van der Waals surface area (Å²) in [5, 5.41) is 0.720. The minimum atomic E-state index is 0.720. The smallest absolute Gasteiger partial charge is 0.0550 e. The van der Waals surface area contributed by atoms with Gasteiger partial charge in [-0.1, -0.05) is 55.1 Å². The lowest BCUT2D eigenvalue weighted by atomic mass is 10.1. The Labute approximate surface area is 71.8 Å². The highest BCUT2D eigenvalue weighted by molar-refractivity contribution is 6.33. The highest BCUT2D eigenvalue weighted by Crippen LogP contribution is 2.22. The van der Waals surface area contributed by atoms with E-state index in [1.807, 2.05) is 18.2 Å². The molecule has 0 atom stereocenters. The summed E-state index contributed by atoms with van der Waals surface area (Å²) in [6.07, 6.45) is 3.46. The quantitative estimate of drug-likeness (QED) is 0.626. The average molecular weight is 165 g/mol. The molecule has 0 amide bonds. The zero-order valence-electron chi connectivity index (χ0n) is 6.18. The van der Waals surface area contributed by atoms with E-state index < -0.39 is 0 Å². The first-order valence-electron chi connectivity index (χ1n) is 3.33. The van der Waals surface area contributed by atoms with Crippen LogP contribution in [0.2, 0.25) is 5.02 Å². The number of hydrogen-bond acceptors (Lipinski definition) is 0. The molecule has 0 spiro atoms. The Balaban J connectivity index is 3.30. The first kappa shape index (κ1) is 8.09. The van der Waals surface area contributed by atoms with Crippen LogP contribution in [0.1, 0.15) is 11.1 Å². The molecule has 0 aliphatic rings. The molecule has 0 nitrogen and oxygen atoms in total. The number of benzene rings is 1. The van der Waals surface area contributed by atoms with Crippen LogP contribution >= 0.6 is 11.6 Å². The number of hydrogen-bond donors (Lipinski definition) is 0. The fourth-order valence-electron chi connectivity index (χ4n) is 0.884. The van der Waals surface area contributed by atoms with Gasteiger partial charge < -0.3 is 0 Å². The van der Waals surface area contributed by atoms with Gasteiger partial charge in [-0.05, 0) is 11.1 Å². The Morgan fingerprint density at radius 1 is 1.09 bits per heavy atom. The average Bonchev–Trinajstić information content (AvgIpc) is 2.05. The molecular formula is C10H9Cl. The molecule has 0 fully saturated rings. The van der Waals surface area contributed by atoms with Crippen LogP contribution in [0, 0.1) is 0 Å². The normalized spacial score (nSPS) is 9.18. The largest absolute Gasteiger partial charge is 0.0984 e. The lowest BCUT2D eigenvalue weighted by Gasteiger charge is -2.00. The molecular weight excluding hydrogens is 156 g/mol. The molecule has 0 aromatic heterocycles. The molecule has 1 heteroatoms. The lowest BCUT2D eigenvalue weighted by molar-refractivity contribution is 1.62. The van der Waals surface area contributed by atoms with Crippen LogP contribution in [-0.2, 0) is 0 Å². The molecule has 1 rings (SSSR count). The van der Waals surface area contributed by atoms with E-state index in [0.717, 1.165) is 16.1 Å². The molecule has 0 radical (unpaired) electrons. The van der Waals surface area contributed by atoms with Crippen LogP contribution < -0.4 is 0 Å². The van der Waals surface area contributed by atoms with E-state index in [1.54, 1.807) is 12.2 Å². The van der Waals surface area contributed by atoms with Gasteiger partial charge in [0.15, 0.2) is 0 Å². The number of rotatable bonds is 2. The molecule has 0 saturated heterocycles. The van der Waals surface area contributed by atoms with Crippen molar-refractivity contribution in [3.63, 3.8) is 0 Å². The highest BCUT2D eigenvalue weighted by atomic mass is 35.5. The van der Waals surface area contributed by atoms with Crippen LogP contribution in [0.25, 0.3) is 12.2 Å². The predicted octanol–water partition coefficient (Wildman–Crippen LogP) is 3.63. The Morgan fingerprint density at radius 3 is 1.91 bits per heavy atom. The minimum absolute atomic E-state index is 0.720. The van der Waals surface area contributed by atoms with Crippen molar-refractivity contribution in [1.29, 1.82) is 0 Å². The molecule has 1 aromatic rings.